The van der Waals surface area contributed by atoms with Gasteiger partial charge in [0.2, 0.25) is 5.91 Å². The second-order valence-corrected chi connectivity index (χ2v) is 8.18. The molecule has 2 aliphatic heterocycles. The molecule has 0 aromatic rings. The molecule has 5 heteroatoms. The molecule has 0 aromatic heterocycles. The molecule has 4 fully saturated rings. The van der Waals surface area contributed by atoms with Crippen LogP contribution in [0.4, 0.5) is 4.39 Å². The highest BCUT2D eigenvalue weighted by molar-refractivity contribution is 5.78. The van der Waals surface area contributed by atoms with Crippen molar-refractivity contribution in [2.45, 2.75) is 75.8 Å². The summed E-state index contributed by atoms with van der Waals surface area (Å²) in [5.74, 6) is 0.883. The monoisotopic (exact) mass is 324 g/mol. The summed E-state index contributed by atoms with van der Waals surface area (Å²) in [6.07, 6.45) is 6.85. The van der Waals surface area contributed by atoms with Crippen LogP contribution in [0.25, 0.3) is 0 Å². The molecule has 130 valence electrons. The molecule has 4 rings (SSSR count). The summed E-state index contributed by atoms with van der Waals surface area (Å²) in [6, 6.07) is 0.541. The average molecular weight is 324 g/mol. The fourth-order valence-corrected chi connectivity index (χ4v) is 5.75. The highest BCUT2D eigenvalue weighted by Crippen LogP contribution is 2.49. The summed E-state index contributed by atoms with van der Waals surface area (Å²) < 4.78 is 19.9. The molecule has 0 spiro atoms. The van der Waals surface area contributed by atoms with Crippen molar-refractivity contribution in [3.8, 4) is 0 Å². The number of nitrogens with one attached hydrogen (secondary N) is 1. The highest BCUT2D eigenvalue weighted by Gasteiger charge is 2.54. The van der Waals surface area contributed by atoms with Crippen molar-refractivity contribution >= 4 is 5.91 Å². The Morgan fingerprint density at radius 2 is 1.87 bits per heavy atom. The lowest BCUT2D eigenvalue weighted by Gasteiger charge is -2.42. The van der Waals surface area contributed by atoms with E-state index in [2.05, 4.69) is 5.32 Å². The highest BCUT2D eigenvalue weighted by atomic mass is 19.1. The lowest BCUT2D eigenvalue weighted by molar-refractivity contribution is -0.126. The molecule has 0 aromatic carbocycles. The number of amides is 1. The van der Waals surface area contributed by atoms with Gasteiger partial charge in [0.25, 0.3) is 0 Å². The van der Waals surface area contributed by atoms with Crippen molar-refractivity contribution in [2.75, 3.05) is 6.54 Å². The fourth-order valence-electron chi connectivity index (χ4n) is 5.75. The molecule has 3 N–H and O–H groups in total. The smallest absolute Gasteiger partial charge is 0.223 e. The van der Waals surface area contributed by atoms with Crippen LogP contribution < -0.4 is 11.1 Å². The van der Waals surface area contributed by atoms with Crippen LogP contribution in [0.1, 0.15) is 51.4 Å². The summed E-state index contributed by atoms with van der Waals surface area (Å²) >= 11 is 0. The molecule has 6 atom stereocenters. The van der Waals surface area contributed by atoms with Gasteiger partial charge in [-0.2, -0.15) is 0 Å². The Balaban J connectivity index is 1.51. The van der Waals surface area contributed by atoms with E-state index in [4.69, 9.17) is 10.5 Å². The molecular formula is C18H29FN2O2. The Hall–Kier alpha value is -0.680. The second kappa shape index (κ2) is 6.32. The van der Waals surface area contributed by atoms with E-state index < -0.39 is 6.17 Å². The van der Waals surface area contributed by atoms with Gasteiger partial charge in [0.15, 0.2) is 0 Å². The zero-order chi connectivity index (χ0) is 16.0. The first-order valence-corrected chi connectivity index (χ1v) is 9.45. The normalized spacial score (nSPS) is 50.1. The van der Waals surface area contributed by atoms with E-state index in [9.17, 15) is 9.18 Å². The molecule has 6 unspecified atom stereocenters. The predicted molar refractivity (Wildman–Crippen MR) is 85.4 cm³/mol. The maximum absolute atomic E-state index is 13.5. The fraction of sp³-hybridized carbons (Fsp3) is 0.944. The quantitative estimate of drug-likeness (QED) is 0.818. The van der Waals surface area contributed by atoms with Crippen LogP contribution in [-0.4, -0.2) is 36.9 Å². The Labute approximate surface area is 137 Å². The number of rotatable bonds is 2. The maximum atomic E-state index is 13.5. The first-order valence-electron chi connectivity index (χ1n) is 9.45. The van der Waals surface area contributed by atoms with E-state index in [1.807, 2.05) is 0 Å². The molecule has 1 amide bonds. The number of hydrogen-bond acceptors (Lipinski definition) is 3. The van der Waals surface area contributed by atoms with Gasteiger partial charge in [0.05, 0.1) is 18.1 Å². The minimum atomic E-state index is -0.672. The molecule has 23 heavy (non-hydrogen) atoms. The number of nitrogens with two attached hydrogens (primary N) is 1. The lowest BCUT2D eigenvalue weighted by atomic mass is 9.67. The zero-order valence-electron chi connectivity index (χ0n) is 13.8. The lowest BCUT2D eigenvalue weighted by Crippen LogP contribution is -2.50. The number of primary amides is 1. The number of carbonyl (C=O) groups is 1. The van der Waals surface area contributed by atoms with E-state index in [1.54, 1.807) is 0 Å². The van der Waals surface area contributed by atoms with Crippen LogP contribution in [0.5, 0.6) is 0 Å². The topological polar surface area (TPSA) is 64.4 Å². The van der Waals surface area contributed by atoms with Gasteiger partial charge < -0.3 is 15.8 Å². The van der Waals surface area contributed by atoms with Gasteiger partial charge in [-0.3, -0.25) is 4.79 Å². The third-order valence-electron chi connectivity index (χ3n) is 6.91. The number of ether oxygens (including phenoxy) is 1. The maximum Gasteiger partial charge on any atom is 0.223 e. The molecular weight excluding hydrogens is 295 g/mol. The van der Waals surface area contributed by atoms with Crippen LogP contribution in [0.3, 0.4) is 0 Å². The first kappa shape index (κ1) is 15.8. The molecule has 0 bridgehead atoms. The van der Waals surface area contributed by atoms with Gasteiger partial charge in [-0.1, -0.05) is 0 Å². The van der Waals surface area contributed by atoms with Gasteiger partial charge in [0.1, 0.15) is 6.17 Å². The molecule has 2 heterocycles. The van der Waals surface area contributed by atoms with Crippen molar-refractivity contribution in [3.05, 3.63) is 0 Å². The van der Waals surface area contributed by atoms with E-state index in [0.29, 0.717) is 30.7 Å². The Kier molecular flexibility index (Phi) is 4.35. The number of alkyl halides is 1. The largest absolute Gasteiger partial charge is 0.373 e. The second-order valence-electron chi connectivity index (χ2n) is 8.18. The van der Waals surface area contributed by atoms with E-state index >= 15 is 0 Å². The minimum Gasteiger partial charge on any atom is -0.373 e. The molecule has 2 saturated carbocycles. The van der Waals surface area contributed by atoms with Gasteiger partial charge >= 0.3 is 0 Å². The SMILES string of the molecule is NC(=O)C1C2CC3CCCNC3CC2OC1C1CCC(F)CC1. The van der Waals surface area contributed by atoms with Crippen LogP contribution in [0.2, 0.25) is 0 Å². The number of halogens is 1. The first-order chi connectivity index (χ1) is 11.1. The van der Waals surface area contributed by atoms with Crippen molar-refractivity contribution < 1.29 is 13.9 Å². The molecule has 4 aliphatic rings. The Bertz CT molecular complexity index is 452. The molecule has 4 nitrogen and oxygen atoms in total. The van der Waals surface area contributed by atoms with Gasteiger partial charge in [-0.05, 0) is 75.7 Å². The summed E-state index contributed by atoms with van der Waals surface area (Å²) in [5, 5.41) is 3.63. The summed E-state index contributed by atoms with van der Waals surface area (Å²) in [4.78, 5) is 12.2. The summed E-state index contributed by atoms with van der Waals surface area (Å²) in [5.41, 5.74) is 5.79. The summed E-state index contributed by atoms with van der Waals surface area (Å²) in [7, 11) is 0. The van der Waals surface area contributed by atoms with E-state index in [-0.39, 0.29) is 30.0 Å². The number of carbonyl (C=O) groups excluding carboxylic acids is 1. The van der Waals surface area contributed by atoms with Crippen molar-refractivity contribution in [2.24, 2.45) is 29.4 Å². The Morgan fingerprint density at radius 3 is 2.61 bits per heavy atom. The number of hydrogen-bond donors (Lipinski definition) is 2. The van der Waals surface area contributed by atoms with Gasteiger partial charge in [-0.15, -0.1) is 0 Å². The van der Waals surface area contributed by atoms with Crippen LogP contribution in [0, 0.1) is 23.7 Å². The third kappa shape index (κ3) is 2.91. The van der Waals surface area contributed by atoms with Crippen LogP contribution >= 0.6 is 0 Å². The standard InChI is InChI=1S/C18H29FN2O2/c19-12-5-3-10(4-6-12)17-16(18(20)22)13-8-11-2-1-7-21-14(11)9-15(13)23-17/h10-17,21H,1-9H2,(H2,20,22). The average Bonchev–Trinajstić information content (AvgIpc) is 2.91. The van der Waals surface area contributed by atoms with Crippen molar-refractivity contribution in [1.82, 2.24) is 5.32 Å². The van der Waals surface area contributed by atoms with Crippen LogP contribution in [-0.2, 0) is 9.53 Å². The molecule has 2 aliphatic carbocycles. The van der Waals surface area contributed by atoms with Gasteiger partial charge in [0, 0.05) is 6.04 Å². The van der Waals surface area contributed by atoms with Crippen molar-refractivity contribution in [1.29, 1.82) is 0 Å². The molecule has 2 saturated heterocycles. The summed E-state index contributed by atoms with van der Waals surface area (Å²) in [6.45, 7) is 1.10. The van der Waals surface area contributed by atoms with Crippen molar-refractivity contribution in [3.63, 3.8) is 0 Å². The van der Waals surface area contributed by atoms with E-state index in [0.717, 1.165) is 32.2 Å². The minimum absolute atomic E-state index is 0.0739. The number of piperidine rings is 1. The van der Waals surface area contributed by atoms with Gasteiger partial charge in [-0.25, -0.2) is 4.39 Å². The predicted octanol–water partition coefficient (Wildman–Crippen LogP) is 2.16. The van der Waals surface area contributed by atoms with Crippen LogP contribution in [0.15, 0.2) is 0 Å². The third-order valence-corrected chi connectivity index (χ3v) is 6.91. The van der Waals surface area contributed by atoms with E-state index in [1.165, 1.54) is 12.8 Å². The molecule has 0 radical (unpaired) electrons. The number of fused-ring (bicyclic) bond motifs is 2. The Morgan fingerprint density at radius 1 is 1.09 bits per heavy atom. The zero-order valence-corrected chi connectivity index (χ0v) is 13.8.